The maximum absolute atomic E-state index is 14.4. The molecule has 6 amide bonds. The number of nitrogens with two attached hydrogens (primary N) is 1. The third kappa shape index (κ3) is 18.9. The predicted molar refractivity (Wildman–Crippen MR) is 263 cm³/mol. The summed E-state index contributed by atoms with van der Waals surface area (Å²) in [4.78, 5) is 108. The molecule has 1 aromatic rings. The third-order valence-electron chi connectivity index (χ3n) is 13.1. The van der Waals surface area contributed by atoms with Crippen LogP contribution in [-0.4, -0.2) is 160 Å². The Morgan fingerprint density at radius 1 is 0.886 bits per heavy atom. The quantitative estimate of drug-likeness (QED) is 0.0261. The number of rotatable bonds is 32. The van der Waals surface area contributed by atoms with E-state index in [0.717, 1.165) is 5.56 Å². The van der Waals surface area contributed by atoms with Crippen molar-refractivity contribution in [2.45, 2.75) is 161 Å². The fraction of sp³-hybridized carbons (Fsp3) is 0.720. The average Bonchev–Trinajstić information content (AvgIpc) is 3.81. The van der Waals surface area contributed by atoms with Crippen molar-refractivity contribution in [1.82, 2.24) is 36.4 Å². The van der Waals surface area contributed by atoms with Crippen molar-refractivity contribution >= 4 is 47.9 Å². The molecule has 0 saturated carbocycles. The lowest BCUT2D eigenvalue weighted by Crippen LogP contribution is -2.59. The number of ether oxygens (including phenoxy) is 4. The number of hydrogen-bond acceptors (Lipinski definition) is 14. The molecule has 11 atom stereocenters. The highest BCUT2D eigenvalue weighted by molar-refractivity contribution is 5.91. The van der Waals surface area contributed by atoms with Gasteiger partial charge in [-0.3, -0.25) is 39.3 Å². The molecular formula is C50H84N8O12. The monoisotopic (exact) mass is 989 g/mol. The van der Waals surface area contributed by atoms with E-state index in [9.17, 15) is 38.4 Å². The first kappa shape index (κ1) is 60.9. The molecule has 7 N–H and O–H groups in total. The van der Waals surface area contributed by atoms with Crippen molar-refractivity contribution in [3.63, 3.8) is 0 Å². The molecule has 20 heteroatoms. The Balaban J connectivity index is 2.17. The summed E-state index contributed by atoms with van der Waals surface area (Å²) in [5, 5.41) is 14.3. The summed E-state index contributed by atoms with van der Waals surface area (Å²) in [5.41, 5.74) is 6.36. The molecule has 0 spiro atoms. The Morgan fingerprint density at radius 3 is 2.11 bits per heavy atom. The maximum atomic E-state index is 14.4. The van der Waals surface area contributed by atoms with E-state index in [4.69, 9.17) is 19.9 Å². The minimum atomic E-state index is -0.984. The molecule has 1 fully saturated rings. The van der Waals surface area contributed by atoms with Gasteiger partial charge in [0.2, 0.25) is 35.4 Å². The van der Waals surface area contributed by atoms with E-state index in [0.29, 0.717) is 25.8 Å². The van der Waals surface area contributed by atoms with Gasteiger partial charge in [0.25, 0.3) is 6.47 Å². The van der Waals surface area contributed by atoms with Gasteiger partial charge in [-0.25, -0.2) is 4.79 Å². The highest BCUT2D eigenvalue weighted by atomic mass is 16.5. The van der Waals surface area contributed by atoms with E-state index in [1.807, 2.05) is 71.9 Å². The highest BCUT2D eigenvalue weighted by Gasteiger charge is 2.43. The minimum absolute atomic E-state index is 0.00380. The summed E-state index contributed by atoms with van der Waals surface area (Å²) < 4.78 is 21.9. The highest BCUT2D eigenvalue weighted by Crippen LogP contribution is 2.30. The fourth-order valence-corrected chi connectivity index (χ4v) is 8.90. The molecule has 1 saturated heterocycles. The van der Waals surface area contributed by atoms with Crippen LogP contribution < -0.4 is 32.3 Å². The van der Waals surface area contributed by atoms with Crippen LogP contribution in [0.2, 0.25) is 0 Å². The van der Waals surface area contributed by atoms with Gasteiger partial charge in [0.05, 0.1) is 49.3 Å². The largest absolute Gasteiger partial charge is 0.464 e. The van der Waals surface area contributed by atoms with Crippen LogP contribution in [0.5, 0.6) is 0 Å². The van der Waals surface area contributed by atoms with Crippen molar-refractivity contribution in [3.8, 4) is 0 Å². The Kier molecular flexibility index (Phi) is 27.2. The summed E-state index contributed by atoms with van der Waals surface area (Å²) in [7, 11) is 6.43. The van der Waals surface area contributed by atoms with Crippen LogP contribution in [0.4, 0.5) is 0 Å². The summed E-state index contributed by atoms with van der Waals surface area (Å²) in [5.74, 6) is -3.91. The van der Waals surface area contributed by atoms with E-state index < -0.39 is 84.3 Å². The van der Waals surface area contributed by atoms with Crippen LogP contribution in [0.25, 0.3) is 0 Å². The maximum Gasteiger partial charge on any atom is 0.328 e. The lowest BCUT2D eigenvalue weighted by atomic mass is 9.89. The molecule has 20 nitrogen and oxygen atoms in total. The Morgan fingerprint density at radius 2 is 1.54 bits per heavy atom. The second kappa shape index (κ2) is 31.2. The van der Waals surface area contributed by atoms with Gasteiger partial charge in [-0.15, -0.1) is 0 Å². The number of likely N-dealkylation sites (tertiary alicyclic amines) is 1. The topological polar surface area (TPSA) is 266 Å². The van der Waals surface area contributed by atoms with E-state index in [-0.39, 0.29) is 87.2 Å². The van der Waals surface area contributed by atoms with Crippen LogP contribution in [0.15, 0.2) is 30.3 Å². The predicted octanol–water partition coefficient (Wildman–Crippen LogP) is 1.81. The molecule has 0 aromatic heterocycles. The smallest absolute Gasteiger partial charge is 0.328 e. The lowest BCUT2D eigenvalue weighted by Gasteiger charge is -2.41. The minimum Gasteiger partial charge on any atom is -0.464 e. The first-order valence-electron chi connectivity index (χ1n) is 24.7. The Labute approximate surface area is 415 Å². The molecule has 1 unspecified atom stereocenters. The number of nitrogens with zero attached hydrogens (tertiary/aromatic N) is 2. The van der Waals surface area contributed by atoms with Gasteiger partial charge in [-0.1, -0.05) is 85.2 Å². The van der Waals surface area contributed by atoms with Crippen LogP contribution in [-0.2, 0) is 63.7 Å². The fourth-order valence-electron chi connectivity index (χ4n) is 8.90. The molecule has 2 rings (SSSR count). The van der Waals surface area contributed by atoms with Crippen LogP contribution in [0.3, 0.4) is 0 Å². The SMILES string of the molecule is CC[C@H](C)[C@@H]([C@@H](CC(=O)N1CCC[C@H]1[C@H](OC)[C@@H](C)C(=O)N[C@@H](Cc1ccccc1)C(=O)NCCCOC(=O)[C@H](C)NC(=O)CCC(N)OC=O)OC)N(C)C(=O)[C@@H](NC(=O)[C@@H](NC)C(C)C)C(C)C. The van der Waals surface area contributed by atoms with Crippen molar-refractivity contribution in [2.24, 2.45) is 29.4 Å². The summed E-state index contributed by atoms with van der Waals surface area (Å²) in [6, 6.07) is 4.99. The van der Waals surface area contributed by atoms with Crippen LogP contribution in [0.1, 0.15) is 106 Å². The molecule has 396 valence electrons. The molecule has 1 aliphatic rings. The van der Waals surface area contributed by atoms with Crippen molar-refractivity contribution in [1.29, 1.82) is 0 Å². The number of likely N-dealkylation sites (N-methyl/N-ethyl adjacent to an activating group) is 2. The van der Waals surface area contributed by atoms with Gasteiger partial charge in [0, 0.05) is 53.6 Å². The number of carbonyl (C=O) groups excluding carboxylic acids is 8. The van der Waals surface area contributed by atoms with Gasteiger partial charge in [-0.2, -0.15) is 0 Å². The van der Waals surface area contributed by atoms with E-state index in [1.165, 1.54) is 21.1 Å². The zero-order chi connectivity index (χ0) is 52.7. The molecule has 70 heavy (non-hydrogen) atoms. The zero-order valence-electron chi connectivity index (χ0n) is 43.6. The number of nitrogens with one attached hydrogen (secondary N) is 5. The number of carbonyl (C=O) groups is 8. The van der Waals surface area contributed by atoms with Gasteiger partial charge in [0.1, 0.15) is 18.1 Å². The number of methoxy groups -OCH3 is 2. The van der Waals surface area contributed by atoms with E-state index in [1.54, 1.807) is 30.8 Å². The van der Waals surface area contributed by atoms with E-state index >= 15 is 0 Å². The molecular weight excluding hydrogens is 905 g/mol. The van der Waals surface area contributed by atoms with Crippen LogP contribution >= 0.6 is 0 Å². The second-order valence-electron chi connectivity index (χ2n) is 19.0. The first-order valence-corrected chi connectivity index (χ1v) is 24.7. The van der Waals surface area contributed by atoms with E-state index in [2.05, 4.69) is 31.3 Å². The second-order valence-corrected chi connectivity index (χ2v) is 19.0. The Bertz CT molecular complexity index is 1820. The number of amides is 6. The van der Waals surface area contributed by atoms with Gasteiger partial charge in [-0.05, 0) is 56.6 Å². The lowest BCUT2D eigenvalue weighted by molar-refractivity contribution is -0.148. The normalized spacial score (nSPS) is 17.9. The van der Waals surface area contributed by atoms with Crippen molar-refractivity contribution in [3.05, 3.63) is 35.9 Å². The molecule has 0 radical (unpaired) electrons. The molecule has 0 bridgehead atoms. The van der Waals surface area contributed by atoms with Crippen LogP contribution in [0, 0.1) is 23.7 Å². The molecule has 1 heterocycles. The van der Waals surface area contributed by atoms with Gasteiger partial charge < -0.3 is 55.3 Å². The number of benzene rings is 1. The number of hydrogen-bond donors (Lipinski definition) is 6. The summed E-state index contributed by atoms with van der Waals surface area (Å²) in [6.07, 6.45) is -0.0487. The van der Waals surface area contributed by atoms with Crippen molar-refractivity contribution in [2.75, 3.05) is 48.0 Å². The summed E-state index contributed by atoms with van der Waals surface area (Å²) >= 11 is 0. The van der Waals surface area contributed by atoms with Gasteiger partial charge in [0.15, 0.2) is 6.23 Å². The first-order chi connectivity index (χ1) is 33.2. The standard InChI is InChI=1S/C50H84N8O12/c1-13-32(6)44(57(10)49(65)43(31(4)5)56-48(64)42(52-9)30(2)3)38(67-11)28-41(61)58-25-17-21-37(58)45(68-12)33(7)46(62)55-36(27-35-19-15-14-16-20-35)47(63)53-24-18-26-69-50(66)34(8)54-40(60)23-22-39(51)70-29-59/h14-16,19-20,29-34,36-39,42-45,52H,13,17-18,21-28,51H2,1-12H3,(H,53,63)(H,54,60)(H,55,62)(H,56,64)/t32-,33+,34-,36-,37-,38+,39?,42-,43-,44-,45+/m0/s1. The third-order valence-corrected chi connectivity index (χ3v) is 13.1. The van der Waals surface area contributed by atoms with Gasteiger partial charge >= 0.3 is 5.97 Å². The summed E-state index contributed by atoms with van der Waals surface area (Å²) in [6.45, 7) is 15.5. The number of esters is 1. The average molecular weight is 989 g/mol. The molecule has 0 aliphatic carbocycles. The zero-order valence-corrected chi connectivity index (χ0v) is 43.6. The molecule has 1 aliphatic heterocycles. The Hall–Kier alpha value is -5.18. The van der Waals surface area contributed by atoms with Crippen molar-refractivity contribution < 1.29 is 57.3 Å². The molecule has 1 aromatic carbocycles.